The minimum Gasteiger partial charge on any atom is -0.462 e. The van der Waals surface area contributed by atoms with Crippen LogP contribution in [0.25, 0.3) is 21.8 Å². The molecule has 10 heteroatoms. The highest BCUT2D eigenvalue weighted by atomic mass is 16.7. The molecule has 3 aromatic carbocycles. The summed E-state index contributed by atoms with van der Waals surface area (Å²) in [4.78, 5) is 49.5. The van der Waals surface area contributed by atoms with Crippen LogP contribution in [0.3, 0.4) is 0 Å². The van der Waals surface area contributed by atoms with Crippen molar-refractivity contribution in [2.45, 2.75) is 73.1 Å². The molecule has 240 valence electrons. The molecule has 0 saturated carbocycles. The molecule has 4 rings (SSSR count). The second kappa shape index (κ2) is 16.3. The average molecular weight is 625 g/mol. The predicted molar refractivity (Wildman–Crippen MR) is 181 cm³/mol. The van der Waals surface area contributed by atoms with Crippen LogP contribution in [-0.4, -0.2) is 46.8 Å². The van der Waals surface area contributed by atoms with Crippen LogP contribution in [0.1, 0.15) is 94.6 Å². The van der Waals surface area contributed by atoms with Crippen molar-refractivity contribution < 1.29 is 28.8 Å². The van der Waals surface area contributed by atoms with Crippen molar-refractivity contribution in [3.63, 3.8) is 0 Å². The molecule has 0 unspecified atom stereocenters. The maximum Gasteiger partial charge on any atom is 0.338 e. The Labute approximate surface area is 268 Å². The second-order valence-corrected chi connectivity index (χ2v) is 11.0. The zero-order valence-corrected chi connectivity index (χ0v) is 27.0. The van der Waals surface area contributed by atoms with E-state index in [0.29, 0.717) is 29.3 Å². The number of hydrogen-bond donors (Lipinski definition) is 0. The van der Waals surface area contributed by atoms with Crippen molar-refractivity contribution in [3.8, 4) is 0 Å². The standard InChI is InChI=1S/C36H40N4O6/c1-6-7-8-9-10-11-20-44-36(43)28-12-16-31(17-13-28)37-23-40-34-18-14-29(24(2)38-45-26(4)41)21-32(34)33-22-30(15-19-35(33)40)25(3)39-46-27(5)42/h12-19,21-23H,6-11,20H2,1-5H3. The van der Waals surface area contributed by atoms with E-state index in [9.17, 15) is 14.4 Å². The first-order valence-electron chi connectivity index (χ1n) is 15.5. The molecule has 1 aromatic heterocycles. The van der Waals surface area contributed by atoms with Gasteiger partial charge in [-0.05, 0) is 79.9 Å². The van der Waals surface area contributed by atoms with E-state index in [1.165, 1.54) is 39.5 Å². The highest BCUT2D eigenvalue weighted by Gasteiger charge is 2.14. The Hall–Kier alpha value is -5.12. The second-order valence-electron chi connectivity index (χ2n) is 11.0. The van der Waals surface area contributed by atoms with Gasteiger partial charge in [-0.25, -0.2) is 19.4 Å². The van der Waals surface area contributed by atoms with Gasteiger partial charge >= 0.3 is 17.9 Å². The summed E-state index contributed by atoms with van der Waals surface area (Å²) in [5.41, 5.74) is 5.55. The highest BCUT2D eigenvalue weighted by Crippen LogP contribution is 2.31. The van der Waals surface area contributed by atoms with Crippen LogP contribution < -0.4 is 0 Å². The number of carbonyl (C=O) groups excluding carboxylic acids is 3. The lowest BCUT2D eigenvalue weighted by atomic mass is 10.0. The number of carbonyl (C=O) groups is 3. The highest BCUT2D eigenvalue weighted by molar-refractivity contribution is 6.16. The van der Waals surface area contributed by atoms with E-state index >= 15 is 0 Å². The summed E-state index contributed by atoms with van der Waals surface area (Å²) >= 11 is 0. The molecule has 1 heterocycles. The van der Waals surface area contributed by atoms with Gasteiger partial charge in [0.15, 0.2) is 0 Å². The molecule has 0 aliphatic carbocycles. The first-order chi connectivity index (χ1) is 22.2. The van der Waals surface area contributed by atoms with Crippen LogP contribution in [0.15, 0.2) is 76.0 Å². The number of rotatable bonds is 14. The van der Waals surface area contributed by atoms with Gasteiger partial charge < -0.3 is 14.4 Å². The number of benzene rings is 3. The third-order valence-electron chi connectivity index (χ3n) is 7.42. The quantitative estimate of drug-likeness (QED) is 0.0349. The molecule has 0 amide bonds. The van der Waals surface area contributed by atoms with Gasteiger partial charge in [0.25, 0.3) is 0 Å². The van der Waals surface area contributed by atoms with E-state index in [-0.39, 0.29) is 5.97 Å². The van der Waals surface area contributed by atoms with Crippen molar-refractivity contribution in [1.29, 1.82) is 0 Å². The average Bonchev–Trinajstić information content (AvgIpc) is 3.36. The lowest BCUT2D eigenvalue weighted by Crippen LogP contribution is -2.06. The SMILES string of the molecule is CCCCCCCCOC(=O)c1ccc(N=Cn2c3ccc(C(C)=NOC(C)=O)cc3c3cc(C(C)=NOC(C)=O)ccc32)cc1. The molecule has 0 bridgehead atoms. The molecule has 0 fully saturated rings. The molecule has 0 atom stereocenters. The Bertz CT molecular complexity index is 1710. The van der Waals surface area contributed by atoms with Crippen molar-refractivity contribution in [2.24, 2.45) is 15.3 Å². The van der Waals surface area contributed by atoms with E-state index in [1.54, 1.807) is 44.5 Å². The minimum absolute atomic E-state index is 0.335. The summed E-state index contributed by atoms with van der Waals surface area (Å²) in [5.74, 6) is -1.34. The monoisotopic (exact) mass is 624 g/mol. The molecular weight excluding hydrogens is 584 g/mol. The first-order valence-corrected chi connectivity index (χ1v) is 15.5. The Balaban J connectivity index is 1.61. The van der Waals surface area contributed by atoms with Gasteiger partial charge in [0.1, 0.15) is 6.34 Å². The van der Waals surface area contributed by atoms with Crippen molar-refractivity contribution in [1.82, 2.24) is 4.57 Å². The number of unbranched alkanes of at least 4 members (excludes halogenated alkanes) is 5. The molecule has 4 aromatic rings. The van der Waals surface area contributed by atoms with Crippen LogP contribution in [0.4, 0.5) is 5.69 Å². The van der Waals surface area contributed by atoms with E-state index in [0.717, 1.165) is 45.8 Å². The van der Waals surface area contributed by atoms with Crippen LogP contribution in [0, 0.1) is 0 Å². The fourth-order valence-electron chi connectivity index (χ4n) is 4.94. The third kappa shape index (κ3) is 8.97. The molecule has 0 aliphatic heterocycles. The van der Waals surface area contributed by atoms with Crippen LogP contribution in [-0.2, 0) is 24.0 Å². The summed E-state index contributed by atoms with van der Waals surface area (Å²) in [5, 5.41) is 9.68. The van der Waals surface area contributed by atoms with Gasteiger partial charge in [-0.1, -0.05) is 61.5 Å². The van der Waals surface area contributed by atoms with Gasteiger partial charge in [0.05, 0.1) is 40.3 Å². The maximum absolute atomic E-state index is 12.5. The summed E-state index contributed by atoms with van der Waals surface area (Å²) < 4.78 is 7.42. The molecule has 0 N–H and O–H groups in total. The van der Waals surface area contributed by atoms with E-state index in [4.69, 9.17) is 19.4 Å². The van der Waals surface area contributed by atoms with Crippen LogP contribution in [0.2, 0.25) is 0 Å². The van der Waals surface area contributed by atoms with Crippen molar-refractivity contribution in [3.05, 3.63) is 77.4 Å². The number of hydrogen-bond acceptors (Lipinski definition) is 9. The normalized spacial score (nSPS) is 12.2. The zero-order valence-electron chi connectivity index (χ0n) is 27.0. The molecular formula is C36H40N4O6. The fraction of sp³-hybridized carbons (Fsp3) is 0.333. The predicted octanol–water partition coefficient (Wildman–Crippen LogP) is 8.09. The summed E-state index contributed by atoms with van der Waals surface area (Å²) in [7, 11) is 0. The lowest BCUT2D eigenvalue weighted by molar-refractivity contribution is -0.141. The number of oxime groups is 2. The van der Waals surface area contributed by atoms with Gasteiger partial charge in [0.2, 0.25) is 0 Å². The minimum atomic E-state index is -0.501. The largest absolute Gasteiger partial charge is 0.462 e. The van der Waals surface area contributed by atoms with E-state index in [1.807, 2.05) is 41.0 Å². The van der Waals surface area contributed by atoms with Gasteiger partial charge in [-0.3, -0.25) is 4.57 Å². The molecule has 0 radical (unpaired) electrons. The number of esters is 1. The number of aliphatic imine (C=N–C) groups is 1. The molecule has 46 heavy (non-hydrogen) atoms. The van der Waals surface area contributed by atoms with E-state index in [2.05, 4.69) is 17.2 Å². The van der Waals surface area contributed by atoms with Crippen LogP contribution in [0.5, 0.6) is 0 Å². The number of ether oxygens (including phenoxy) is 1. The Morgan fingerprint density at radius 1 is 0.674 bits per heavy atom. The summed E-state index contributed by atoms with van der Waals surface area (Å²) in [6.45, 7) is 8.73. The lowest BCUT2D eigenvalue weighted by Gasteiger charge is -2.05. The summed E-state index contributed by atoms with van der Waals surface area (Å²) in [6.07, 6.45) is 8.51. The number of nitrogens with zero attached hydrogens (tertiary/aromatic N) is 4. The smallest absolute Gasteiger partial charge is 0.338 e. The Kier molecular flexibility index (Phi) is 11.9. The Morgan fingerprint density at radius 3 is 1.70 bits per heavy atom. The molecule has 10 nitrogen and oxygen atoms in total. The third-order valence-corrected chi connectivity index (χ3v) is 7.42. The van der Waals surface area contributed by atoms with Gasteiger partial charge in [0, 0.05) is 24.6 Å². The van der Waals surface area contributed by atoms with Gasteiger partial charge in [-0.2, -0.15) is 0 Å². The van der Waals surface area contributed by atoms with Crippen LogP contribution >= 0.6 is 0 Å². The number of fused-ring (bicyclic) bond motifs is 3. The molecule has 0 aliphatic rings. The van der Waals surface area contributed by atoms with E-state index < -0.39 is 11.9 Å². The fourth-order valence-corrected chi connectivity index (χ4v) is 4.94. The Morgan fingerprint density at radius 2 is 1.17 bits per heavy atom. The topological polar surface area (TPSA) is 121 Å². The summed E-state index contributed by atoms with van der Waals surface area (Å²) in [6, 6.07) is 18.6. The first kappa shape index (κ1) is 33.8. The maximum atomic E-state index is 12.5. The zero-order chi connectivity index (χ0) is 33.1. The van der Waals surface area contributed by atoms with Crippen molar-refractivity contribution in [2.75, 3.05) is 6.61 Å². The molecule has 0 spiro atoms. The van der Waals surface area contributed by atoms with Crippen molar-refractivity contribution >= 4 is 63.2 Å². The number of aromatic nitrogens is 1. The molecule has 0 saturated heterocycles. The van der Waals surface area contributed by atoms with Gasteiger partial charge in [-0.15, -0.1) is 0 Å².